The van der Waals surface area contributed by atoms with Gasteiger partial charge in [0.15, 0.2) is 0 Å². The van der Waals surface area contributed by atoms with Gasteiger partial charge in [-0.3, -0.25) is 0 Å². The predicted octanol–water partition coefficient (Wildman–Crippen LogP) is 1.77. The normalized spacial score (nSPS) is 10.5. The molecule has 2 aromatic heterocycles. The molecule has 2 rings (SSSR count). The number of nitrogens with zero attached hydrogens (tertiary/aromatic N) is 2. The molecule has 2 N–H and O–H groups in total. The van der Waals surface area contributed by atoms with Gasteiger partial charge < -0.3 is 0 Å². The number of rotatable bonds is 10. The van der Waals surface area contributed by atoms with Crippen LogP contribution in [0.5, 0.6) is 11.5 Å². The average Bonchev–Trinajstić information content (AvgIpc) is 2.83. The molecular formula is C22H22Br2N2O10Se. The van der Waals surface area contributed by atoms with E-state index in [9.17, 15) is 29.4 Å². The van der Waals surface area contributed by atoms with Gasteiger partial charge in [0, 0.05) is 0 Å². The van der Waals surface area contributed by atoms with Crippen LogP contribution in [0.1, 0.15) is 69.1 Å². The average molecular weight is 713 g/mol. The molecule has 0 radical (unpaired) electrons. The van der Waals surface area contributed by atoms with Crippen LogP contribution in [0.15, 0.2) is 9.21 Å². The summed E-state index contributed by atoms with van der Waals surface area (Å²) in [7, 11) is 0. The Hall–Kier alpha value is -2.74. The summed E-state index contributed by atoms with van der Waals surface area (Å²) in [6.45, 7) is 6.11. The molecule has 15 heteroatoms. The van der Waals surface area contributed by atoms with Gasteiger partial charge in [0.1, 0.15) is 0 Å². The topological polar surface area (TPSA) is 171 Å². The molecule has 2 heterocycles. The summed E-state index contributed by atoms with van der Waals surface area (Å²) in [5.41, 5.74) is -1.68. The monoisotopic (exact) mass is 712 g/mol. The fourth-order valence-corrected chi connectivity index (χ4v) is 6.27. The van der Waals surface area contributed by atoms with E-state index in [0.717, 1.165) is 0 Å². The molecule has 37 heavy (non-hydrogen) atoms. The number of esters is 4. The quantitative estimate of drug-likeness (QED) is 0.159. The van der Waals surface area contributed by atoms with E-state index < -0.39 is 61.5 Å². The molecule has 0 atom stereocenters. The van der Waals surface area contributed by atoms with Crippen LogP contribution < -0.4 is 9.18 Å². The molecule has 0 aromatic carbocycles. The number of ether oxygens (including phenoxy) is 4. The van der Waals surface area contributed by atoms with Crippen LogP contribution in [0, 0.1) is 0 Å². The van der Waals surface area contributed by atoms with E-state index in [1.54, 1.807) is 27.7 Å². The molecule has 0 aliphatic heterocycles. The minimum absolute atomic E-state index is 0.00470. The number of hydrogen-bond acceptors (Lipinski definition) is 12. The zero-order valence-corrected chi connectivity index (χ0v) is 24.9. The predicted molar refractivity (Wildman–Crippen MR) is 136 cm³/mol. The Morgan fingerprint density at radius 2 is 0.892 bits per heavy atom. The van der Waals surface area contributed by atoms with Gasteiger partial charge in [-0.2, -0.15) is 0 Å². The van der Waals surface area contributed by atoms with Crippen molar-refractivity contribution >= 4 is 79.9 Å². The zero-order valence-electron chi connectivity index (χ0n) is 20.0. The summed E-state index contributed by atoms with van der Waals surface area (Å²) in [4.78, 5) is 58.6. The van der Waals surface area contributed by atoms with Crippen LogP contribution in [-0.2, 0) is 18.9 Å². The van der Waals surface area contributed by atoms with Crippen LogP contribution in [0.25, 0.3) is 0 Å². The van der Waals surface area contributed by atoms with E-state index in [2.05, 4.69) is 41.8 Å². The van der Waals surface area contributed by atoms with Crippen LogP contribution in [0.2, 0.25) is 0 Å². The molecule has 0 amide bonds. The zero-order chi connectivity index (χ0) is 27.9. The van der Waals surface area contributed by atoms with Crippen molar-refractivity contribution in [3.05, 3.63) is 31.5 Å². The molecule has 200 valence electrons. The molecule has 0 bridgehead atoms. The second-order valence-electron chi connectivity index (χ2n) is 6.60. The second-order valence-corrected chi connectivity index (χ2v) is 10.1. The van der Waals surface area contributed by atoms with Crippen LogP contribution in [0.4, 0.5) is 0 Å². The third-order valence-corrected chi connectivity index (χ3v) is 7.46. The third-order valence-electron chi connectivity index (χ3n) is 4.30. The Balaban J connectivity index is 2.76. The van der Waals surface area contributed by atoms with Gasteiger partial charge in [-0.1, -0.05) is 0 Å². The minimum atomic E-state index is -1.18. The summed E-state index contributed by atoms with van der Waals surface area (Å²) in [6, 6.07) is 0. The maximum atomic E-state index is 12.7. The Morgan fingerprint density at radius 3 is 1.16 bits per heavy atom. The van der Waals surface area contributed by atoms with Gasteiger partial charge in [-0.15, -0.1) is 0 Å². The number of halogens is 2. The number of pyridine rings is 2. The van der Waals surface area contributed by atoms with E-state index in [0.29, 0.717) is 0 Å². The fraction of sp³-hybridized carbons (Fsp3) is 0.364. The molecule has 2 aromatic rings. The summed E-state index contributed by atoms with van der Waals surface area (Å²) in [6.07, 6.45) is 0. The molecule has 0 spiro atoms. The summed E-state index contributed by atoms with van der Waals surface area (Å²) in [5.74, 6) is -5.26. The number of carbonyl (C=O) groups excluding carboxylic acids is 4. The number of aromatic nitrogens is 2. The SMILES string of the molecule is CCOC(=O)c1c(Br)nc([Se]c2nc(Br)c(C(=O)OCC)c(C(=O)OCC)c2O)c(O)c1C(=O)OCC. The summed E-state index contributed by atoms with van der Waals surface area (Å²) < 4.78 is 19.4. The van der Waals surface area contributed by atoms with E-state index in [1.807, 2.05) is 0 Å². The van der Waals surface area contributed by atoms with Crippen molar-refractivity contribution in [2.45, 2.75) is 27.7 Å². The molecule has 0 unspecified atom stereocenters. The van der Waals surface area contributed by atoms with Gasteiger partial charge in [-0.05, 0) is 0 Å². The van der Waals surface area contributed by atoms with E-state index in [1.165, 1.54) is 0 Å². The Labute approximate surface area is 234 Å². The van der Waals surface area contributed by atoms with E-state index in [-0.39, 0.29) is 55.9 Å². The van der Waals surface area contributed by atoms with Crippen molar-refractivity contribution in [2.75, 3.05) is 26.4 Å². The van der Waals surface area contributed by atoms with Crippen LogP contribution in [0.3, 0.4) is 0 Å². The number of hydrogen-bond donors (Lipinski definition) is 2. The van der Waals surface area contributed by atoms with Gasteiger partial charge >= 0.3 is 235 Å². The van der Waals surface area contributed by atoms with Crippen LogP contribution in [-0.4, -0.2) is 85.4 Å². The first-order chi connectivity index (χ1) is 17.5. The van der Waals surface area contributed by atoms with Crippen molar-refractivity contribution < 1.29 is 48.3 Å². The van der Waals surface area contributed by atoms with Crippen LogP contribution >= 0.6 is 31.9 Å². The maximum absolute atomic E-state index is 12.7. The Morgan fingerprint density at radius 1 is 0.622 bits per heavy atom. The van der Waals surface area contributed by atoms with Gasteiger partial charge in [0.05, 0.1) is 0 Å². The molecule has 0 fully saturated rings. The molecule has 0 saturated carbocycles. The Bertz CT molecular complexity index is 1150. The summed E-state index contributed by atoms with van der Waals surface area (Å²) in [5, 5.41) is 21.9. The Kier molecular flexibility index (Phi) is 11.3. The molecular weight excluding hydrogens is 691 g/mol. The van der Waals surface area contributed by atoms with Gasteiger partial charge in [-0.25, -0.2) is 0 Å². The van der Waals surface area contributed by atoms with Gasteiger partial charge in [0.2, 0.25) is 0 Å². The van der Waals surface area contributed by atoms with Crippen molar-refractivity contribution in [1.29, 1.82) is 0 Å². The van der Waals surface area contributed by atoms with Gasteiger partial charge in [0.25, 0.3) is 0 Å². The number of carbonyl (C=O) groups is 4. The molecule has 0 aliphatic carbocycles. The first-order valence-electron chi connectivity index (χ1n) is 10.7. The molecule has 12 nitrogen and oxygen atoms in total. The van der Waals surface area contributed by atoms with Crippen molar-refractivity contribution in [3.63, 3.8) is 0 Å². The van der Waals surface area contributed by atoms with Crippen molar-refractivity contribution in [1.82, 2.24) is 9.97 Å². The standard InChI is InChI=1S/C22H22Br2N2O10Se/c1-5-33-19(29)9-11(21(31)35-7-3)15(23)25-17(13(9)27)37-18-14(28)10(20(30)34-6-2)12(16(24)26-18)22(32)36-8-4/h27-28H,5-8H2,1-4H3. The van der Waals surface area contributed by atoms with E-state index >= 15 is 0 Å². The van der Waals surface area contributed by atoms with E-state index in [4.69, 9.17) is 18.9 Å². The fourth-order valence-electron chi connectivity index (χ4n) is 2.87. The second kappa shape index (κ2) is 13.7. The first-order valence-corrected chi connectivity index (χ1v) is 14.0. The van der Waals surface area contributed by atoms with Crippen molar-refractivity contribution in [3.8, 4) is 11.5 Å². The molecule has 0 saturated heterocycles. The third kappa shape index (κ3) is 6.78. The van der Waals surface area contributed by atoms with Crippen molar-refractivity contribution in [2.24, 2.45) is 0 Å². The number of aromatic hydroxyl groups is 2. The summed E-state index contributed by atoms with van der Waals surface area (Å²) >= 11 is 5.07. The first kappa shape index (κ1) is 30.5. The molecule has 0 aliphatic rings.